The highest BCUT2D eigenvalue weighted by Crippen LogP contribution is 2.38. The van der Waals surface area contributed by atoms with Crippen molar-refractivity contribution >= 4 is 40.7 Å². The van der Waals surface area contributed by atoms with Crippen LogP contribution in [0.3, 0.4) is 0 Å². The highest BCUT2D eigenvalue weighted by atomic mass is 32.2. The number of para-hydroxylation sites is 2. The number of nitrogens with zero attached hydrogens (tertiary/aromatic N) is 3. The summed E-state index contributed by atoms with van der Waals surface area (Å²) in [5, 5.41) is 12.9. The summed E-state index contributed by atoms with van der Waals surface area (Å²) in [7, 11) is 1.64. The molecule has 0 spiro atoms. The molecule has 36 heavy (non-hydrogen) atoms. The third kappa shape index (κ3) is 5.89. The van der Waals surface area contributed by atoms with Gasteiger partial charge in [-0.15, -0.1) is 21.5 Å². The normalized spacial score (nSPS) is 10.6. The third-order valence-electron chi connectivity index (χ3n) is 5.05. The largest absolute Gasteiger partial charge is 0.496 e. The number of aryl methyl sites for hydroxylation is 1. The van der Waals surface area contributed by atoms with Gasteiger partial charge in [0.15, 0.2) is 0 Å². The molecule has 8 nitrogen and oxygen atoms in total. The summed E-state index contributed by atoms with van der Waals surface area (Å²) in [4.78, 5) is 30.2. The van der Waals surface area contributed by atoms with E-state index in [0.29, 0.717) is 22.0 Å². The Morgan fingerprint density at radius 3 is 2.56 bits per heavy atom. The maximum Gasteiger partial charge on any atom is 0.340 e. The topological polar surface area (TPSA) is 103 Å². The Morgan fingerprint density at radius 2 is 1.81 bits per heavy atom. The van der Waals surface area contributed by atoms with Gasteiger partial charge in [0.1, 0.15) is 21.5 Å². The number of hydrogen-bond donors (Lipinski definition) is 1. The van der Waals surface area contributed by atoms with Crippen LogP contribution >= 0.6 is 23.1 Å². The Balaban J connectivity index is 1.41. The van der Waals surface area contributed by atoms with Gasteiger partial charge in [-0.2, -0.15) is 0 Å². The van der Waals surface area contributed by atoms with E-state index in [9.17, 15) is 9.59 Å². The summed E-state index contributed by atoms with van der Waals surface area (Å²) in [6, 6.07) is 18.2. The van der Waals surface area contributed by atoms with Crippen LogP contribution in [0.2, 0.25) is 0 Å². The van der Waals surface area contributed by atoms with E-state index in [0.717, 1.165) is 26.9 Å². The van der Waals surface area contributed by atoms with Crippen molar-refractivity contribution in [2.24, 2.45) is 0 Å². The zero-order chi connectivity index (χ0) is 25.5. The number of ether oxygens (including phenoxy) is 2. The van der Waals surface area contributed by atoms with Crippen LogP contribution in [0.1, 0.15) is 23.0 Å². The molecule has 4 rings (SSSR count). The summed E-state index contributed by atoms with van der Waals surface area (Å²) in [6.07, 6.45) is 0. The average Bonchev–Trinajstić information content (AvgIpc) is 3.29. The summed E-state index contributed by atoms with van der Waals surface area (Å²) >= 11 is 2.78. The van der Waals surface area contributed by atoms with E-state index < -0.39 is 5.97 Å². The van der Waals surface area contributed by atoms with Gasteiger partial charge in [-0.3, -0.25) is 4.79 Å². The molecule has 2 aromatic carbocycles. The molecule has 0 aliphatic carbocycles. The van der Waals surface area contributed by atoms with Gasteiger partial charge < -0.3 is 14.8 Å². The van der Waals surface area contributed by atoms with Crippen LogP contribution in [0.15, 0.2) is 65.7 Å². The van der Waals surface area contributed by atoms with Crippen LogP contribution in [0.25, 0.3) is 21.1 Å². The van der Waals surface area contributed by atoms with Crippen molar-refractivity contribution in [3.8, 4) is 26.9 Å². The number of benzene rings is 2. The number of anilines is 1. The van der Waals surface area contributed by atoms with Gasteiger partial charge in [-0.05, 0) is 50.2 Å². The summed E-state index contributed by atoms with van der Waals surface area (Å²) in [5.74, 6) is 0.138. The van der Waals surface area contributed by atoms with Crippen molar-refractivity contribution < 1.29 is 19.1 Å². The van der Waals surface area contributed by atoms with E-state index in [1.54, 1.807) is 38.3 Å². The molecule has 10 heteroatoms. The fourth-order valence-electron chi connectivity index (χ4n) is 3.39. The first-order valence-corrected chi connectivity index (χ1v) is 12.9. The quantitative estimate of drug-likeness (QED) is 0.228. The minimum atomic E-state index is -0.477. The fourth-order valence-corrected chi connectivity index (χ4v) is 5.07. The molecule has 184 valence electrons. The standard InChI is InChI=1S/C26H24N4O4S2/c1-4-34-26(32)17-9-5-7-11-19(17)28-22(31)15-35-23-14-13-20(29-30-23)24-16(2)27-25(36-24)18-10-6-8-12-21(18)33-3/h5-14H,4,15H2,1-3H3,(H,28,31). The average molecular weight is 521 g/mol. The minimum absolute atomic E-state index is 0.114. The maximum absolute atomic E-state index is 12.5. The number of thioether (sulfide) groups is 1. The molecule has 0 atom stereocenters. The molecule has 0 saturated heterocycles. The van der Waals surface area contributed by atoms with Crippen LogP contribution in [0.5, 0.6) is 5.75 Å². The predicted molar refractivity (Wildman–Crippen MR) is 142 cm³/mol. The van der Waals surface area contributed by atoms with Crippen LogP contribution in [0, 0.1) is 6.92 Å². The fraction of sp³-hybridized carbons (Fsp3) is 0.192. The number of hydrogen-bond acceptors (Lipinski definition) is 9. The van der Waals surface area contributed by atoms with E-state index in [2.05, 4.69) is 15.5 Å². The van der Waals surface area contributed by atoms with Gasteiger partial charge in [-0.1, -0.05) is 36.0 Å². The molecule has 0 aliphatic heterocycles. The molecule has 0 radical (unpaired) electrons. The van der Waals surface area contributed by atoms with Crippen molar-refractivity contribution in [3.05, 3.63) is 71.9 Å². The summed E-state index contributed by atoms with van der Waals surface area (Å²) < 4.78 is 10.5. The summed E-state index contributed by atoms with van der Waals surface area (Å²) in [6.45, 7) is 3.93. The third-order valence-corrected chi connectivity index (χ3v) is 7.19. The Bertz CT molecular complexity index is 1370. The molecule has 0 fully saturated rings. The minimum Gasteiger partial charge on any atom is -0.496 e. The first-order valence-electron chi connectivity index (χ1n) is 11.1. The van der Waals surface area contributed by atoms with Crippen molar-refractivity contribution in [3.63, 3.8) is 0 Å². The van der Waals surface area contributed by atoms with Gasteiger partial charge in [-0.25, -0.2) is 9.78 Å². The number of amides is 1. The van der Waals surface area contributed by atoms with Gasteiger partial charge in [0, 0.05) is 0 Å². The molecule has 1 amide bonds. The van der Waals surface area contributed by atoms with Crippen molar-refractivity contribution in [1.82, 2.24) is 15.2 Å². The SMILES string of the molecule is CCOC(=O)c1ccccc1NC(=O)CSc1ccc(-c2sc(-c3ccccc3OC)nc2C)nn1. The molecule has 0 unspecified atom stereocenters. The Hall–Kier alpha value is -3.76. The highest BCUT2D eigenvalue weighted by molar-refractivity contribution is 7.99. The van der Waals surface area contributed by atoms with Gasteiger partial charge in [0.05, 0.1) is 46.9 Å². The Kier molecular flexibility index (Phi) is 8.29. The molecular formula is C26H24N4O4S2. The first kappa shape index (κ1) is 25.3. The number of methoxy groups -OCH3 is 1. The van der Waals surface area contributed by atoms with Gasteiger partial charge in [0.25, 0.3) is 0 Å². The van der Waals surface area contributed by atoms with Crippen molar-refractivity contribution in [2.75, 3.05) is 24.8 Å². The highest BCUT2D eigenvalue weighted by Gasteiger charge is 2.17. The lowest BCUT2D eigenvalue weighted by molar-refractivity contribution is -0.113. The Labute approximate surface area is 217 Å². The number of esters is 1. The second-order valence-electron chi connectivity index (χ2n) is 7.49. The lowest BCUT2D eigenvalue weighted by Crippen LogP contribution is -2.17. The first-order chi connectivity index (χ1) is 17.5. The van der Waals surface area contributed by atoms with E-state index >= 15 is 0 Å². The molecule has 2 aromatic heterocycles. The van der Waals surface area contributed by atoms with Crippen LogP contribution < -0.4 is 10.1 Å². The second kappa shape index (κ2) is 11.8. The molecule has 4 aromatic rings. The van der Waals surface area contributed by atoms with Crippen molar-refractivity contribution in [1.29, 1.82) is 0 Å². The number of carbonyl (C=O) groups is 2. The molecule has 1 N–H and O–H groups in total. The predicted octanol–water partition coefficient (Wildman–Crippen LogP) is 5.49. The van der Waals surface area contributed by atoms with E-state index in [1.807, 2.05) is 43.3 Å². The molecule has 0 bridgehead atoms. The summed E-state index contributed by atoms with van der Waals surface area (Å²) in [5.41, 5.74) is 3.22. The monoisotopic (exact) mass is 520 g/mol. The number of carbonyl (C=O) groups excluding carboxylic acids is 2. The van der Waals surface area contributed by atoms with Crippen molar-refractivity contribution in [2.45, 2.75) is 18.9 Å². The van der Waals surface area contributed by atoms with E-state index in [-0.39, 0.29) is 18.3 Å². The number of thiazole rings is 1. The van der Waals surface area contributed by atoms with Crippen LogP contribution in [0.4, 0.5) is 5.69 Å². The molecule has 0 aliphatic rings. The second-order valence-corrected chi connectivity index (χ2v) is 9.49. The molecule has 2 heterocycles. The van der Waals surface area contributed by atoms with E-state index in [4.69, 9.17) is 14.5 Å². The molecular weight excluding hydrogens is 496 g/mol. The smallest absolute Gasteiger partial charge is 0.340 e. The number of nitrogens with one attached hydrogen (secondary N) is 1. The van der Waals surface area contributed by atoms with Gasteiger partial charge >= 0.3 is 5.97 Å². The zero-order valence-corrected chi connectivity index (χ0v) is 21.6. The number of rotatable bonds is 9. The molecule has 0 saturated carbocycles. The van der Waals surface area contributed by atoms with Gasteiger partial charge in [0.2, 0.25) is 5.91 Å². The lowest BCUT2D eigenvalue weighted by atomic mass is 10.2. The lowest BCUT2D eigenvalue weighted by Gasteiger charge is -2.10. The zero-order valence-electron chi connectivity index (χ0n) is 20.0. The maximum atomic E-state index is 12.5. The number of aromatic nitrogens is 3. The van der Waals surface area contributed by atoms with Crippen LogP contribution in [-0.4, -0.2) is 46.5 Å². The van der Waals surface area contributed by atoms with E-state index in [1.165, 1.54) is 23.1 Å². The Morgan fingerprint density at radius 1 is 1.03 bits per heavy atom. The van der Waals surface area contributed by atoms with Crippen LogP contribution in [-0.2, 0) is 9.53 Å².